The van der Waals surface area contributed by atoms with E-state index in [0.717, 1.165) is 38.5 Å². The Bertz CT molecular complexity index is 432. The molecule has 0 bridgehead atoms. The van der Waals surface area contributed by atoms with Crippen molar-refractivity contribution in [3.63, 3.8) is 0 Å². The zero-order valence-electron chi connectivity index (χ0n) is 13.6. The summed E-state index contributed by atoms with van der Waals surface area (Å²) in [6.45, 7) is 4.21. The largest absolute Gasteiger partial charge is 0.352 e. The fourth-order valence-corrected chi connectivity index (χ4v) is 3.67. The standard InChI is InChI=1S/C16H27N3O3/c1-11(20)17-14-8-5-9-19(10-14)16(22)15(18-12(2)21)13-6-3-4-7-13/h13-15H,3-10H2,1-2H3,(H,17,20)(H,18,21)/t14-,15+/m0/s1. The highest BCUT2D eigenvalue weighted by Crippen LogP contribution is 2.29. The summed E-state index contributed by atoms with van der Waals surface area (Å²) >= 11 is 0. The van der Waals surface area contributed by atoms with Crippen molar-refractivity contribution in [3.8, 4) is 0 Å². The number of hydrogen-bond donors (Lipinski definition) is 2. The molecular weight excluding hydrogens is 282 g/mol. The molecule has 22 heavy (non-hydrogen) atoms. The lowest BCUT2D eigenvalue weighted by atomic mass is 9.95. The summed E-state index contributed by atoms with van der Waals surface area (Å²) in [5.74, 6) is 0.0452. The van der Waals surface area contributed by atoms with Gasteiger partial charge in [-0.1, -0.05) is 12.8 Å². The van der Waals surface area contributed by atoms with E-state index < -0.39 is 6.04 Å². The molecule has 0 aromatic heterocycles. The van der Waals surface area contributed by atoms with Crippen LogP contribution in [0.4, 0.5) is 0 Å². The molecule has 2 atom stereocenters. The van der Waals surface area contributed by atoms with Crippen LogP contribution in [0.25, 0.3) is 0 Å². The van der Waals surface area contributed by atoms with Gasteiger partial charge in [0.2, 0.25) is 17.7 Å². The molecule has 2 N–H and O–H groups in total. The van der Waals surface area contributed by atoms with Crippen LogP contribution in [0.1, 0.15) is 52.4 Å². The summed E-state index contributed by atoms with van der Waals surface area (Å²) < 4.78 is 0. The normalized spacial score (nSPS) is 23.9. The van der Waals surface area contributed by atoms with Gasteiger partial charge < -0.3 is 15.5 Å². The lowest BCUT2D eigenvalue weighted by Gasteiger charge is -2.36. The first kappa shape index (κ1) is 16.8. The van der Waals surface area contributed by atoms with Gasteiger partial charge in [-0.05, 0) is 31.6 Å². The van der Waals surface area contributed by atoms with E-state index >= 15 is 0 Å². The number of amides is 3. The van der Waals surface area contributed by atoms with E-state index in [1.807, 2.05) is 4.90 Å². The van der Waals surface area contributed by atoms with Gasteiger partial charge in [0.05, 0.1) is 0 Å². The number of piperidine rings is 1. The van der Waals surface area contributed by atoms with Crippen molar-refractivity contribution in [2.75, 3.05) is 13.1 Å². The molecule has 1 aliphatic carbocycles. The minimum absolute atomic E-state index is 0.0113. The molecule has 0 radical (unpaired) electrons. The van der Waals surface area contributed by atoms with Crippen LogP contribution >= 0.6 is 0 Å². The zero-order chi connectivity index (χ0) is 16.1. The molecule has 2 aliphatic rings. The number of likely N-dealkylation sites (tertiary alicyclic amines) is 1. The van der Waals surface area contributed by atoms with E-state index in [4.69, 9.17) is 0 Å². The number of carbonyl (C=O) groups excluding carboxylic acids is 3. The van der Waals surface area contributed by atoms with Crippen LogP contribution in [-0.2, 0) is 14.4 Å². The first-order valence-electron chi connectivity index (χ1n) is 8.30. The molecule has 1 heterocycles. The molecule has 0 unspecified atom stereocenters. The van der Waals surface area contributed by atoms with Gasteiger partial charge in [-0.2, -0.15) is 0 Å². The molecule has 1 aliphatic heterocycles. The Balaban J connectivity index is 2.01. The van der Waals surface area contributed by atoms with Crippen LogP contribution < -0.4 is 10.6 Å². The first-order chi connectivity index (χ1) is 10.5. The quantitative estimate of drug-likeness (QED) is 0.806. The molecule has 2 fully saturated rings. The minimum Gasteiger partial charge on any atom is -0.352 e. The van der Waals surface area contributed by atoms with Crippen molar-refractivity contribution in [1.29, 1.82) is 0 Å². The Labute approximate surface area is 132 Å². The Morgan fingerprint density at radius 3 is 2.27 bits per heavy atom. The van der Waals surface area contributed by atoms with Crippen LogP contribution in [0.2, 0.25) is 0 Å². The number of carbonyl (C=O) groups is 3. The average molecular weight is 309 g/mol. The van der Waals surface area contributed by atoms with Crippen molar-refractivity contribution in [3.05, 3.63) is 0 Å². The predicted octanol–water partition coefficient (Wildman–Crippen LogP) is 0.808. The second kappa shape index (κ2) is 7.61. The number of nitrogens with one attached hydrogen (secondary N) is 2. The highest BCUT2D eigenvalue weighted by molar-refractivity contribution is 5.87. The van der Waals surface area contributed by atoms with Crippen molar-refractivity contribution >= 4 is 17.7 Å². The van der Waals surface area contributed by atoms with Crippen molar-refractivity contribution in [2.45, 2.75) is 64.5 Å². The van der Waals surface area contributed by atoms with E-state index in [1.54, 1.807) is 0 Å². The third kappa shape index (κ3) is 4.45. The van der Waals surface area contributed by atoms with Crippen molar-refractivity contribution < 1.29 is 14.4 Å². The van der Waals surface area contributed by atoms with Crippen LogP contribution in [0.5, 0.6) is 0 Å². The third-order valence-electron chi connectivity index (χ3n) is 4.64. The molecule has 0 aromatic rings. The molecule has 1 saturated carbocycles. The van der Waals surface area contributed by atoms with Crippen molar-refractivity contribution in [1.82, 2.24) is 15.5 Å². The number of rotatable bonds is 4. The topological polar surface area (TPSA) is 78.5 Å². The summed E-state index contributed by atoms with van der Waals surface area (Å²) in [6.07, 6.45) is 6.04. The summed E-state index contributed by atoms with van der Waals surface area (Å²) in [5, 5.41) is 5.75. The highest BCUT2D eigenvalue weighted by atomic mass is 16.2. The Kier molecular flexibility index (Phi) is 5.80. The van der Waals surface area contributed by atoms with Crippen LogP contribution in [0.15, 0.2) is 0 Å². The maximum Gasteiger partial charge on any atom is 0.245 e. The second-order valence-electron chi connectivity index (χ2n) is 6.55. The third-order valence-corrected chi connectivity index (χ3v) is 4.64. The van der Waals surface area contributed by atoms with Gasteiger partial charge in [-0.3, -0.25) is 14.4 Å². The van der Waals surface area contributed by atoms with Gasteiger partial charge in [-0.25, -0.2) is 0 Å². The zero-order valence-corrected chi connectivity index (χ0v) is 13.6. The van der Waals surface area contributed by atoms with Crippen molar-refractivity contribution in [2.24, 2.45) is 5.92 Å². The molecule has 2 rings (SSSR count). The summed E-state index contributed by atoms with van der Waals surface area (Å²) in [7, 11) is 0. The maximum absolute atomic E-state index is 12.9. The molecule has 124 valence electrons. The fraction of sp³-hybridized carbons (Fsp3) is 0.812. The predicted molar refractivity (Wildman–Crippen MR) is 83.0 cm³/mol. The summed E-state index contributed by atoms with van der Waals surface area (Å²) in [6, 6.07) is -0.382. The van der Waals surface area contributed by atoms with Gasteiger partial charge >= 0.3 is 0 Å². The Morgan fingerprint density at radius 2 is 1.68 bits per heavy atom. The number of nitrogens with zero attached hydrogens (tertiary/aromatic N) is 1. The van der Waals surface area contributed by atoms with E-state index in [9.17, 15) is 14.4 Å². The molecule has 6 nitrogen and oxygen atoms in total. The monoisotopic (exact) mass is 309 g/mol. The molecule has 6 heteroatoms. The highest BCUT2D eigenvalue weighted by Gasteiger charge is 2.35. The van der Waals surface area contributed by atoms with Crippen LogP contribution in [0.3, 0.4) is 0 Å². The van der Waals surface area contributed by atoms with E-state index in [-0.39, 0.29) is 29.7 Å². The van der Waals surface area contributed by atoms with Gasteiger partial charge in [0, 0.05) is 33.0 Å². The smallest absolute Gasteiger partial charge is 0.245 e. The molecule has 0 aromatic carbocycles. The van der Waals surface area contributed by atoms with E-state index in [1.165, 1.54) is 13.8 Å². The molecule has 3 amide bonds. The van der Waals surface area contributed by atoms with Crippen LogP contribution in [0, 0.1) is 5.92 Å². The Hall–Kier alpha value is -1.59. The van der Waals surface area contributed by atoms with Gasteiger partial charge in [0.25, 0.3) is 0 Å². The van der Waals surface area contributed by atoms with Gasteiger partial charge in [0.1, 0.15) is 6.04 Å². The summed E-state index contributed by atoms with van der Waals surface area (Å²) in [4.78, 5) is 37.3. The van der Waals surface area contributed by atoms with Gasteiger partial charge in [-0.15, -0.1) is 0 Å². The molecular formula is C16H27N3O3. The minimum atomic E-state index is -0.406. The lowest BCUT2D eigenvalue weighted by Crippen LogP contribution is -2.56. The fourth-order valence-electron chi connectivity index (χ4n) is 3.67. The lowest BCUT2D eigenvalue weighted by molar-refractivity contribution is -0.139. The average Bonchev–Trinajstić information content (AvgIpc) is 2.97. The molecule has 0 spiro atoms. The molecule has 1 saturated heterocycles. The van der Waals surface area contributed by atoms with Crippen LogP contribution in [-0.4, -0.2) is 47.8 Å². The number of hydrogen-bond acceptors (Lipinski definition) is 3. The Morgan fingerprint density at radius 1 is 1.00 bits per heavy atom. The summed E-state index contributed by atoms with van der Waals surface area (Å²) in [5.41, 5.74) is 0. The first-order valence-corrected chi connectivity index (χ1v) is 8.30. The SMILES string of the molecule is CC(=O)N[C@H]1CCCN(C(=O)[C@H](NC(C)=O)C2CCCC2)C1. The second-order valence-corrected chi connectivity index (χ2v) is 6.55. The van der Waals surface area contributed by atoms with Gasteiger partial charge in [0.15, 0.2) is 0 Å². The van der Waals surface area contributed by atoms with E-state index in [2.05, 4.69) is 10.6 Å². The maximum atomic E-state index is 12.9. The van der Waals surface area contributed by atoms with E-state index in [0.29, 0.717) is 13.1 Å².